The minimum atomic E-state index is -0.502. The Labute approximate surface area is 171 Å². The van der Waals surface area contributed by atoms with E-state index >= 15 is 0 Å². The minimum absolute atomic E-state index is 0.0266. The topological polar surface area (TPSA) is 55.8 Å². The zero-order valence-electron chi connectivity index (χ0n) is 17.3. The van der Waals surface area contributed by atoms with Crippen LogP contribution >= 0.6 is 0 Å². The molecule has 5 heteroatoms. The van der Waals surface area contributed by atoms with Gasteiger partial charge in [-0.2, -0.15) is 0 Å². The van der Waals surface area contributed by atoms with Gasteiger partial charge in [0.2, 0.25) is 0 Å². The predicted molar refractivity (Wildman–Crippen MR) is 111 cm³/mol. The maximum Gasteiger partial charge on any atom is 0.260 e. The zero-order valence-corrected chi connectivity index (χ0v) is 17.3. The van der Waals surface area contributed by atoms with E-state index in [9.17, 15) is 9.59 Å². The number of fused-ring (bicyclic) bond motifs is 1. The van der Waals surface area contributed by atoms with Crippen molar-refractivity contribution in [2.45, 2.75) is 45.6 Å². The zero-order chi connectivity index (χ0) is 20.6. The first-order valence-electron chi connectivity index (χ1n) is 10.2. The van der Waals surface area contributed by atoms with Gasteiger partial charge in [0.05, 0.1) is 12.0 Å². The average Bonchev–Trinajstić information content (AvgIpc) is 2.69. The highest BCUT2D eigenvalue weighted by atomic mass is 16.5. The summed E-state index contributed by atoms with van der Waals surface area (Å²) in [5.41, 5.74) is 3.27. The summed E-state index contributed by atoms with van der Waals surface area (Å²) < 4.78 is 12.1. The Kier molecular flexibility index (Phi) is 5.07. The fourth-order valence-electron chi connectivity index (χ4n) is 4.33. The van der Waals surface area contributed by atoms with E-state index in [1.165, 1.54) is 0 Å². The Bertz CT molecular complexity index is 957. The molecule has 1 fully saturated rings. The molecule has 1 spiro atoms. The van der Waals surface area contributed by atoms with Crippen LogP contribution in [0.2, 0.25) is 0 Å². The second-order valence-electron chi connectivity index (χ2n) is 8.28. The SMILES string of the molecule is Cc1cc(C)c2c(c1)C(=O)CC1(CCN(C(=O)COc3ccccc3C)CC1)O2. The third kappa shape index (κ3) is 3.86. The molecule has 5 nitrogen and oxygen atoms in total. The lowest BCUT2D eigenvalue weighted by Crippen LogP contribution is -2.53. The fourth-order valence-corrected chi connectivity index (χ4v) is 4.33. The lowest BCUT2D eigenvalue weighted by atomic mass is 9.81. The van der Waals surface area contributed by atoms with E-state index in [0.717, 1.165) is 28.2 Å². The van der Waals surface area contributed by atoms with Gasteiger partial charge in [0.25, 0.3) is 5.91 Å². The van der Waals surface area contributed by atoms with Gasteiger partial charge in [0.1, 0.15) is 17.1 Å². The van der Waals surface area contributed by atoms with Gasteiger partial charge in [0, 0.05) is 25.9 Å². The number of aryl methyl sites for hydroxylation is 3. The second kappa shape index (κ2) is 7.54. The fraction of sp³-hybridized carbons (Fsp3) is 0.417. The van der Waals surface area contributed by atoms with Crippen LogP contribution in [0.4, 0.5) is 0 Å². The van der Waals surface area contributed by atoms with Crippen molar-refractivity contribution in [1.82, 2.24) is 4.90 Å². The summed E-state index contributed by atoms with van der Waals surface area (Å²) in [6.45, 7) is 7.11. The van der Waals surface area contributed by atoms with Gasteiger partial charge in [0.15, 0.2) is 12.4 Å². The number of hydrogen-bond acceptors (Lipinski definition) is 4. The molecule has 29 heavy (non-hydrogen) atoms. The molecule has 1 amide bonds. The summed E-state index contributed by atoms with van der Waals surface area (Å²) >= 11 is 0. The second-order valence-corrected chi connectivity index (χ2v) is 8.28. The van der Waals surface area contributed by atoms with Crippen molar-refractivity contribution >= 4 is 11.7 Å². The van der Waals surface area contributed by atoms with Gasteiger partial charge in [-0.05, 0) is 49.6 Å². The van der Waals surface area contributed by atoms with Crippen molar-refractivity contribution in [3.05, 3.63) is 58.7 Å². The number of piperidine rings is 1. The van der Waals surface area contributed by atoms with Crippen LogP contribution in [0, 0.1) is 20.8 Å². The number of benzene rings is 2. The monoisotopic (exact) mass is 393 g/mol. The number of para-hydroxylation sites is 1. The number of amides is 1. The first-order valence-corrected chi connectivity index (χ1v) is 10.2. The standard InChI is InChI=1S/C24H27NO4/c1-16-12-18(3)23-19(13-16)20(26)14-24(29-23)8-10-25(11-9-24)22(27)15-28-21-7-5-4-6-17(21)2/h4-7,12-13H,8-11,14-15H2,1-3H3. The molecule has 2 aromatic carbocycles. The van der Waals surface area contributed by atoms with Crippen molar-refractivity contribution in [3.63, 3.8) is 0 Å². The molecule has 0 bridgehead atoms. The molecule has 152 valence electrons. The third-order valence-corrected chi connectivity index (χ3v) is 5.99. The normalized spacial score (nSPS) is 17.6. The average molecular weight is 393 g/mol. The summed E-state index contributed by atoms with van der Waals surface area (Å²) in [5, 5.41) is 0. The molecule has 4 rings (SSSR count). The number of ketones is 1. The highest BCUT2D eigenvalue weighted by molar-refractivity contribution is 6.01. The highest BCUT2D eigenvalue weighted by Gasteiger charge is 2.44. The van der Waals surface area contributed by atoms with Crippen molar-refractivity contribution in [2.75, 3.05) is 19.7 Å². The Morgan fingerprint density at radius 2 is 1.83 bits per heavy atom. The van der Waals surface area contributed by atoms with Gasteiger partial charge in [-0.25, -0.2) is 0 Å². The molecule has 0 aliphatic carbocycles. The molecule has 0 radical (unpaired) electrons. The maximum absolute atomic E-state index is 12.8. The van der Waals surface area contributed by atoms with E-state index in [1.54, 1.807) is 0 Å². The Balaban J connectivity index is 1.39. The molecular weight excluding hydrogens is 366 g/mol. The van der Waals surface area contributed by atoms with Crippen molar-refractivity contribution < 1.29 is 19.1 Å². The van der Waals surface area contributed by atoms with Gasteiger partial charge < -0.3 is 14.4 Å². The van der Waals surface area contributed by atoms with E-state index in [-0.39, 0.29) is 18.3 Å². The Morgan fingerprint density at radius 3 is 2.55 bits per heavy atom. The molecule has 1 saturated heterocycles. The number of Topliss-reactive ketones (excluding diaryl/α,β-unsaturated/α-hetero) is 1. The summed E-state index contributed by atoms with van der Waals surface area (Å²) in [7, 11) is 0. The van der Waals surface area contributed by atoms with E-state index in [1.807, 2.05) is 62.1 Å². The van der Waals surface area contributed by atoms with E-state index in [0.29, 0.717) is 37.9 Å². The molecule has 2 heterocycles. The molecule has 2 aliphatic heterocycles. The predicted octanol–water partition coefficient (Wildman–Crippen LogP) is 4.02. The number of ether oxygens (including phenoxy) is 2. The van der Waals surface area contributed by atoms with Gasteiger partial charge >= 0.3 is 0 Å². The lowest BCUT2D eigenvalue weighted by Gasteiger charge is -2.44. The Morgan fingerprint density at radius 1 is 1.10 bits per heavy atom. The minimum Gasteiger partial charge on any atom is -0.486 e. The molecule has 0 atom stereocenters. The summed E-state index contributed by atoms with van der Waals surface area (Å²) in [4.78, 5) is 27.2. The maximum atomic E-state index is 12.8. The summed E-state index contributed by atoms with van der Waals surface area (Å²) in [6, 6.07) is 11.6. The summed E-state index contributed by atoms with van der Waals surface area (Å²) in [6.07, 6.45) is 1.69. The number of nitrogens with zero attached hydrogens (tertiary/aromatic N) is 1. The Hall–Kier alpha value is -2.82. The van der Waals surface area contributed by atoms with Crippen LogP contribution in [0.5, 0.6) is 11.5 Å². The smallest absolute Gasteiger partial charge is 0.260 e. The molecule has 2 aliphatic rings. The highest BCUT2D eigenvalue weighted by Crippen LogP contribution is 2.41. The lowest BCUT2D eigenvalue weighted by molar-refractivity contribution is -0.136. The molecular formula is C24H27NO4. The van der Waals surface area contributed by atoms with Crippen LogP contribution in [0.1, 0.15) is 46.3 Å². The van der Waals surface area contributed by atoms with E-state index in [4.69, 9.17) is 9.47 Å². The van der Waals surface area contributed by atoms with Crippen LogP contribution in [-0.2, 0) is 4.79 Å². The molecule has 0 aromatic heterocycles. The van der Waals surface area contributed by atoms with Crippen molar-refractivity contribution in [1.29, 1.82) is 0 Å². The largest absolute Gasteiger partial charge is 0.486 e. The first kappa shape index (κ1) is 19.5. The van der Waals surface area contributed by atoms with Crippen LogP contribution in [0.3, 0.4) is 0 Å². The van der Waals surface area contributed by atoms with Gasteiger partial charge in [-0.15, -0.1) is 0 Å². The molecule has 0 unspecified atom stereocenters. The van der Waals surface area contributed by atoms with E-state index in [2.05, 4.69) is 0 Å². The van der Waals surface area contributed by atoms with E-state index < -0.39 is 5.60 Å². The number of carbonyl (C=O) groups excluding carboxylic acids is 2. The number of likely N-dealkylation sites (tertiary alicyclic amines) is 1. The van der Waals surface area contributed by atoms with Crippen LogP contribution in [0.15, 0.2) is 36.4 Å². The van der Waals surface area contributed by atoms with Crippen molar-refractivity contribution in [2.24, 2.45) is 0 Å². The number of hydrogen-bond donors (Lipinski definition) is 0. The van der Waals surface area contributed by atoms with Crippen LogP contribution < -0.4 is 9.47 Å². The quantitative estimate of drug-likeness (QED) is 0.790. The van der Waals surface area contributed by atoms with Crippen LogP contribution in [0.25, 0.3) is 0 Å². The van der Waals surface area contributed by atoms with Crippen LogP contribution in [-0.4, -0.2) is 41.9 Å². The first-order chi connectivity index (χ1) is 13.9. The molecule has 0 saturated carbocycles. The molecule has 2 aromatic rings. The number of carbonyl (C=O) groups is 2. The third-order valence-electron chi connectivity index (χ3n) is 5.99. The number of rotatable bonds is 3. The molecule has 0 N–H and O–H groups in total. The summed E-state index contributed by atoms with van der Waals surface area (Å²) in [5.74, 6) is 1.56. The van der Waals surface area contributed by atoms with Crippen molar-refractivity contribution in [3.8, 4) is 11.5 Å². The van der Waals surface area contributed by atoms with Gasteiger partial charge in [-0.1, -0.05) is 24.3 Å². The van der Waals surface area contributed by atoms with Gasteiger partial charge in [-0.3, -0.25) is 9.59 Å².